The first kappa shape index (κ1) is 17.3. The van der Waals surface area contributed by atoms with Crippen LogP contribution in [0.3, 0.4) is 0 Å². The minimum atomic E-state index is -0.967. The normalized spacial score (nSPS) is 18.1. The van der Waals surface area contributed by atoms with Crippen molar-refractivity contribution in [2.45, 2.75) is 31.9 Å². The Morgan fingerprint density at radius 2 is 2.04 bits per heavy atom. The van der Waals surface area contributed by atoms with Crippen LogP contribution in [0.25, 0.3) is 21.8 Å². The summed E-state index contributed by atoms with van der Waals surface area (Å²) in [5, 5.41) is 12.6. The fourth-order valence-electron chi connectivity index (χ4n) is 4.03. The smallest absolute Gasteiger partial charge is 0.255 e. The summed E-state index contributed by atoms with van der Waals surface area (Å²) in [5.41, 5.74) is 0.923. The monoisotopic (exact) mass is 368 g/mol. The molecule has 0 bridgehead atoms. The van der Waals surface area contributed by atoms with E-state index in [-0.39, 0.29) is 16.8 Å². The highest BCUT2D eigenvalue weighted by Gasteiger charge is 2.46. The van der Waals surface area contributed by atoms with Crippen molar-refractivity contribution in [3.8, 4) is 11.5 Å². The Bertz CT molecular complexity index is 1160. The van der Waals surface area contributed by atoms with Gasteiger partial charge in [0.1, 0.15) is 11.5 Å². The second-order valence-electron chi connectivity index (χ2n) is 7.40. The number of rotatable bonds is 2. The van der Waals surface area contributed by atoms with Gasteiger partial charge in [-0.15, -0.1) is 0 Å². The number of benzene rings is 2. The van der Waals surface area contributed by atoms with Gasteiger partial charge in [0.05, 0.1) is 30.0 Å². The predicted octanol–water partition coefficient (Wildman–Crippen LogP) is 3.06. The van der Waals surface area contributed by atoms with Crippen LogP contribution in [0, 0.1) is 10.1 Å². The number of hydrogen-bond acceptors (Lipinski definition) is 5. The topological polar surface area (TPSA) is 83.6 Å². The lowest BCUT2D eigenvalue weighted by molar-refractivity contribution is -0.542. The zero-order chi connectivity index (χ0) is 19.5. The van der Waals surface area contributed by atoms with Gasteiger partial charge in [-0.25, -0.2) is 0 Å². The largest absolute Gasteiger partial charge is 0.496 e. The van der Waals surface area contributed by atoms with Gasteiger partial charge < -0.3 is 14.0 Å². The molecule has 1 unspecified atom stereocenters. The Hall–Kier alpha value is -3.09. The molecule has 3 aromatic rings. The van der Waals surface area contributed by atoms with Crippen LogP contribution < -0.4 is 14.9 Å². The standard InChI is InChI=1S/C20H20N2O5/c1-20(2)16(22(24)25)9-12-14(27-20)10-15(26-4)17-18(12)21(3)13-8-6-5-7-11(13)19(17)23/h5-8,10,16H,9H2,1-4H3. The van der Waals surface area contributed by atoms with Crippen molar-refractivity contribution in [1.29, 1.82) is 0 Å². The second-order valence-corrected chi connectivity index (χ2v) is 7.40. The van der Waals surface area contributed by atoms with E-state index in [1.165, 1.54) is 7.11 Å². The number of fused-ring (bicyclic) bond motifs is 4. The third kappa shape index (κ3) is 2.38. The molecule has 0 N–H and O–H groups in total. The van der Waals surface area contributed by atoms with Crippen LogP contribution in [0.4, 0.5) is 0 Å². The number of aryl methyl sites for hydroxylation is 1. The molecule has 0 saturated carbocycles. The molecule has 1 atom stereocenters. The van der Waals surface area contributed by atoms with Gasteiger partial charge in [-0.2, -0.15) is 0 Å². The molecule has 1 aliphatic heterocycles. The number of pyridine rings is 1. The summed E-state index contributed by atoms with van der Waals surface area (Å²) >= 11 is 0. The zero-order valence-corrected chi connectivity index (χ0v) is 15.6. The number of ether oxygens (including phenoxy) is 2. The lowest BCUT2D eigenvalue weighted by Gasteiger charge is -2.35. The molecule has 27 heavy (non-hydrogen) atoms. The molecule has 140 valence electrons. The summed E-state index contributed by atoms with van der Waals surface area (Å²) in [6, 6.07) is 8.07. The molecule has 0 radical (unpaired) electrons. The summed E-state index contributed by atoms with van der Waals surface area (Å²) < 4.78 is 13.4. The molecule has 1 aliphatic rings. The number of nitrogens with zero attached hydrogens (tertiary/aromatic N) is 2. The Balaban J connectivity index is 2.18. The number of hydrogen-bond donors (Lipinski definition) is 0. The highest BCUT2D eigenvalue weighted by molar-refractivity contribution is 5.99. The number of para-hydroxylation sites is 1. The van der Waals surface area contributed by atoms with Gasteiger partial charge in [-0.1, -0.05) is 12.1 Å². The Kier molecular flexibility index (Phi) is 3.66. The van der Waals surface area contributed by atoms with E-state index in [1.54, 1.807) is 26.0 Å². The maximum atomic E-state index is 13.2. The van der Waals surface area contributed by atoms with Crippen molar-refractivity contribution in [1.82, 2.24) is 4.57 Å². The third-order valence-electron chi connectivity index (χ3n) is 5.45. The van der Waals surface area contributed by atoms with Crippen molar-refractivity contribution < 1.29 is 14.4 Å². The summed E-state index contributed by atoms with van der Waals surface area (Å²) in [6.45, 7) is 3.42. The zero-order valence-electron chi connectivity index (χ0n) is 15.6. The quantitative estimate of drug-likeness (QED) is 0.394. The molecule has 0 aliphatic carbocycles. The van der Waals surface area contributed by atoms with E-state index in [0.717, 1.165) is 5.52 Å². The number of methoxy groups -OCH3 is 1. The van der Waals surface area contributed by atoms with Gasteiger partial charge in [0.15, 0.2) is 5.60 Å². The van der Waals surface area contributed by atoms with E-state index in [9.17, 15) is 14.9 Å². The molecule has 2 aromatic carbocycles. The molecule has 7 nitrogen and oxygen atoms in total. The first-order valence-electron chi connectivity index (χ1n) is 8.70. The number of nitro groups is 1. The maximum absolute atomic E-state index is 13.2. The van der Waals surface area contributed by atoms with Crippen molar-refractivity contribution in [2.24, 2.45) is 7.05 Å². The summed E-state index contributed by atoms with van der Waals surface area (Å²) in [7, 11) is 3.36. The van der Waals surface area contributed by atoms with Crippen LogP contribution in [-0.2, 0) is 13.5 Å². The van der Waals surface area contributed by atoms with E-state index in [2.05, 4.69) is 0 Å². The van der Waals surface area contributed by atoms with Crippen molar-refractivity contribution in [3.63, 3.8) is 0 Å². The molecule has 4 rings (SSSR count). The average molecular weight is 368 g/mol. The molecule has 0 saturated heterocycles. The van der Waals surface area contributed by atoms with Crippen molar-refractivity contribution in [3.05, 3.63) is 56.2 Å². The summed E-state index contributed by atoms with van der Waals surface area (Å²) in [6.07, 6.45) is 0.182. The molecular formula is C20H20N2O5. The van der Waals surface area contributed by atoms with Crippen LogP contribution in [0.2, 0.25) is 0 Å². The SMILES string of the molecule is COc1cc2c(c3c1c(=O)c1ccccc1n3C)CC([N+](=O)[O-])C(C)(C)O2. The van der Waals surface area contributed by atoms with E-state index >= 15 is 0 Å². The Labute approximate surface area is 155 Å². The Morgan fingerprint density at radius 3 is 2.70 bits per heavy atom. The molecule has 1 aromatic heterocycles. The van der Waals surface area contributed by atoms with Gasteiger partial charge in [0.25, 0.3) is 6.04 Å². The minimum Gasteiger partial charge on any atom is -0.496 e. The van der Waals surface area contributed by atoms with Gasteiger partial charge >= 0.3 is 0 Å². The molecular weight excluding hydrogens is 348 g/mol. The lowest BCUT2D eigenvalue weighted by Crippen LogP contribution is -2.50. The first-order valence-corrected chi connectivity index (χ1v) is 8.70. The van der Waals surface area contributed by atoms with Crippen molar-refractivity contribution in [2.75, 3.05) is 7.11 Å². The van der Waals surface area contributed by atoms with Crippen LogP contribution >= 0.6 is 0 Å². The molecule has 0 spiro atoms. The highest BCUT2D eigenvalue weighted by atomic mass is 16.6. The van der Waals surface area contributed by atoms with E-state index in [0.29, 0.717) is 33.4 Å². The van der Waals surface area contributed by atoms with E-state index in [1.807, 2.05) is 29.8 Å². The summed E-state index contributed by atoms with van der Waals surface area (Å²) in [5.74, 6) is 0.929. The highest BCUT2D eigenvalue weighted by Crippen LogP contribution is 2.42. The van der Waals surface area contributed by atoms with E-state index < -0.39 is 11.6 Å². The lowest BCUT2D eigenvalue weighted by atomic mass is 9.87. The van der Waals surface area contributed by atoms with Crippen molar-refractivity contribution >= 4 is 21.8 Å². The van der Waals surface area contributed by atoms with Gasteiger partial charge in [-0.05, 0) is 26.0 Å². The van der Waals surface area contributed by atoms with Crippen LogP contribution in [0.1, 0.15) is 19.4 Å². The van der Waals surface area contributed by atoms with Gasteiger partial charge in [-0.3, -0.25) is 14.9 Å². The molecule has 0 amide bonds. The fourth-order valence-corrected chi connectivity index (χ4v) is 4.03. The molecule has 2 heterocycles. The minimum absolute atomic E-state index is 0.152. The Morgan fingerprint density at radius 1 is 1.33 bits per heavy atom. The molecule has 0 fully saturated rings. The van der Waals surface area contributed by atoms with Gasteiger partial charge in [0.2, 0.25) is 5.43 Å². The fraction of sp³-hybridized carbons (Fsp3) is 0.350. The van der Waals surface area contributed by atoms with Crippen LogP contribution in [-0.4, -0.2) is 28.2 Å². The predicted molar refractivity (Wildman–Crippen MR) is 102 cm³/mol. The maximum Gasteiger partial charge on any atom is 0.255 e. The second kappa shape index (κ2) is 5.70. The first-order chi connectivity index (χ1) is 12.8. The van der Waals surface area contributed by atoms with E-state index in [4.69, 9.17) is 9.47 Å². The molecule has 7 heteroatoms. The van der Waals surface area contributed by atoms with Crippen LogP contribution in [0.5, 0.6) is 11.5 Å². The van der Waals surface area contributed by atoms with Crippen LogP contribution in [0.15, 0.2) is 35.1 Å². The summed E-state index contributed by atoms with van der Waals surface area (Å²) in [4.78, 5) is 24.5. The number of aromatic nitrogens is 1. The third-order valence-corrected chi connectivity index (χ3v) is 5.45. The van der Waals surface area contributed by atoms with Gasteiger partial charge in [0, 0.05) is 29.0 Å². The average Bonchev–Trinajstić information content (AvgIpc) is 2.63.